The molecule has 164 valence electrons. The number of nitrogens with zero attached hydrogens (tertiary/aromatic N) is 4. The predicted molar refractivity (Wildman–Crippen MR) is 114 cm³/mol. The zero-order chi connectivity index (χ0) is 21.4. The van der Waals surface area contributed by atoms with Crippen molar-refractivity contribution in [3.8, 4) is 0 Å². The molecule has 5 rings (SSSR count). The molecule has 3 aromatic rings. The number of benzene rings is 1. The quantitative estimate of drug-likeness (QED) is 0.621. The molecule has 2 aliphatic rings. The smallest absolute Gasteiger partial charge is 0.349 e. The molecule has 5 nitrogen and oxygen atoms in total. The fourth-order valence-electron chi connectivity index (χ4n) is 4.47. The highest BCUT2D eigenvalue weighted by molar-refractivity contribution is 5.88. The van der Waals surface area contributed by atoms with Crippen molar-refractivity contribution in [3.05, 3.63) is 54.0 Å². The zero-order valence-corrected chi connectivity index (χ0v) is 17.3. The summed E-state index contributed by atoms with van der Waals surface area (Å²) in [4.78, 5) is 11.4. The fraction of sp³-hybridized carbons (Fsp3) is 0.478. The Balaban J connectivity index is 1.41. The van der Waals surface area contributed by atoms with Crippen LogP contribution < -0.4 is 10.2 Å². The maximum atomic E-state index is 12.9. The van der Waals surface area contributed by atoms with Gasteiger partial charge in [0.05, 0.1) is 10.9 Å². The highest BCUT2D eigenvalue weighted by atomic mass is 19.4. The Morgan fingerprint density at radius 1 is 1.00 bits per heavy atom. The van der Waals surface area contributed by atoms with E-state index in [9.17, 15) is 13.2 Å². The third kappa shape index (κ3) is 4.39. The lowest BCUT2D eigenvalue weighted by molar-refractivity contribution is -0.137. The summed E-state index contributed by atoms with van der Waals surface area (Å²) in [6.45, 7) is 3.61. The number of nitrogens with one attached hydrogen (secondary N) is 1. The van der Waals surface area contributed by atoms with E-state index in [-0.39, 0.29) is 0 Å². The Morgan fingerprint density at radius 3 is 2.42 bits per heavy atom. The van der Waals surface area contributed by atoms with Crippen LogP contribution in [0.25, 0.3) is 11.0 Å². The number of halogens is 3. The van der Waals surface area contributed by atoms with E-state index in [4.69, 9.17) is 0 Å². The maximum Gasteiger partial charge on any atom is 0.416 e. The van der Waals surface area contributed by atoms with Gasteiger partial charge < -0.3 is 14.8 Å². The van der Waals surface area contributed by atoms with Gasteiger partial charge in [0.25, 0.3) is 0 Å². The molecule has 3 heterocycles. The van der Waals surface area contributed by atoms with Gasteiger partial charge in [-0.15, -0.1) is 0 Å². The van der Waals surface area contributed by atoms with E-state index in [2.05, 4.69) is 37.0 Å². The van der Waals surface area contributed by atoms with Crippen molar-refractivity contribution in [2.24, 2.45) is 5.92 Å². The van der Waals surface area contributed by atoms with E-state index < -0.39 is 11.7 Å². The average Bonchev–Trinajstić information content (AvgIpc) is 3.53. The zero-order valence-electron chi connectivity index (χ0n) is 17.3. The van der Waals surface area contributed by atoms with Gasteiger partial charge >= 0.3 is 6.18 Å². The summed E-state index contributed by atoms with van der Waals surface area (Å²) in [5.41, 5.74) is 1.16. The van der Waals surface area contributed by atoms with Crippen molar-refractivity contribution in [3.63, 3.8) is 0 Å². The summed E-state index contributed by atoms with van der Waals surface area (Å²) >= 11 is 0. The van der Waals surface area contributed by atoms with E-state index in [1.165, 1.54) is 12.8 Å². The minimum atomic E-state index is -4.31. The molecule has 0 unspecified atom stereocenters. The summed E-state index contributed by atoms with van der Waals surface area (Å²) in [6, 6.07) is 7.90. The Kier molecular flexibility index (Phi) is 5.33. The number of hydrogen-bond donors (Lipinski definition) is 1. The molecule has 8 heteroatoms. The van der Waals surface area contributed by atoms with Crippen LogP contribution in [0.3, 0.4) is 0 Å². The van der Waals surface area contributed by atoms with Crippen LogP contribution in [0.15, 0.2) is 42.9 Å². The van der Waals surface area contributed by atoms with E-state index in [0.29, 0.717) is 18.5 Å². The van der Waals surface area contributed by atoms with Crippen molar-refractivity contribution in [2.75, 3.05) is 18.0 Å². The first-order valence-electron chi connectivity index (χ1n) is 10.9. The second-order valence-corrected chi connectivity index (χ2v) is 8.65. The normalized spacial score (nSPS) is 17.9. The van der Waals surface area contributed by atoms with Crippen molar-refractivity contribution in [1.82, 2.24) is 19.9 Å². The van der Waals surface area contributed by atoms with Crippen molar-refractivity contribution in [2.45, 2.75) is 51.0 Å². The minimum Gasteiger partial charge on any atom is -0.349 e. The van der Waals surface area contributed by atoms with Crippen LogP contribution in [-0.2, 0) is 19.3 Å². The molecule has 0 radical (unpaired) electrons. The number of rotatable bonds is 6. The summed E-state index contributed by atoms with van der Waals surface area (Å²) < 4.78 is 40.9. The first kappa shape index (κ1) is 20.3. The van der Waals surface area contributed by atoms with Crippen LogP contribution in [0.5, 0.6) is 0 Å². The molecule has 0 amide bonds. The number of fused-ring (bicyclic) bond motifs is 1. The topological polar surface area (TPSA) is 46.0 Å². The first-order chi connectivity index (χ1) is 15.0. The van der Waals surface area contributed by atoms with Crippen LogP contribution in [0.4, 0.5) is 19.0 Å². The van der Waals surface area contributed by atoms with Gasteiger partial charge in [-0.3, -0.25) is 0 Å². The summed E-state index contributed by atoms with van der Waals surface area (Å²) in [5.74, 6) is 1.51. The molecular formula is C23H26F3N5. The molecule has 1 aliphatic carbocycles. The van der Waals surface area contributed by atoms with Gasteiger partial charge in [-0.2, -0.15) is 13.2 Å². The summed E-state index contributed by atoms with van der Waals surface area (Å²) in [7, 11) is 0. The van der Waals surface area contributed by atoms with Crippen LogP contribution in [-0.4, -0.2) is 33.7 Å². The number of piperidine rings is 1. The van der Waals surface area contributed by atoms with Crippen LogP contribution >= 0.6 is 0 Å². The average molecular weight is 429 g/mol. The van der Waals surface area contributed by atoms with Gasteiger partial charge in [0, 0.05) is 25.3 Å². The fourth-order valence-corrected chi connectivity index (χ4v) is 4.47. The highest BCUT2D eigenvalue weighted by Crippen LogP contribution is 2.36. The molecule has 1 N–H and O–H groups in total. The summed E-state index contributed by atoms with van der Waals surface area (Å²) in [5, 5.41) is 4.42. The third-order valence-corrected chi connectivity index (χ3v) is 6.34. The van der Waals surface area contributed by atoms with Crippen LogP contribution in [0, 0.1) is 5.92 Å². The van der Waals surface area contributed by atoms with Crippen molar-refractivity contribution in [1.29, 1.82) is 0 Å². The SMILES string of the molecule is FC(F)(F)c1ccc(CN(c2ncnc3c2ccn3CC2CCNCC2)C2CC2)cc1. The minimum absolute atomic E-state index is 0.369. The standard InChI is InChI=1S/C23H26F3N5/c24-23(25,26)18-3-1-16(2-4-18)14-31(19-5-6-19)22-20-9-12-30(21(20)28-15-29-22)13-17-7-10-27-11-8-17/h1-4,9,12,15,17,19,27H,5-8,10-11,13-14H2. The first-order valence-corrected chi connectivity index (χ1v) is 10.9. The Labute approximate surface area is 179 Å². The molecule has 1 aliphatic heterocycles. The van der Waals surface area contributed by atoms with Crippen molar-refractivity contribution < 1.29 is 13.2 Å². The highest BCUT2D eigenvalue weighted by Gasteiger charge is 2.33. The van der Waals surface area contributed by atoms with Gasteiger partial charge in [0.15, 0.2) is 0 Å². The Hall–Kier alpha value is -2.61. The van der Waals surface area contributed by atoms with E-state index in [1.54, 1.807) is 18.5 Å². The number of alkyl halides is 3. The van der Waals surface area contributed by atoms with Crippen LogP contribution in [0.2, 0.25) is 0 Å². The molecule has 0 spiro atoms. The molecule has 0 bridgehead atoms. The molecule has 1 saturated heterocycles. The largest absolute Gasteiger partial charge is 0.416 e. The number of hydrogen-bond acceptors (Lipinski definition) is 4. The van der Waals surface area contributed by atoms with Gasteiger partial charge in [0.1, 0.15) is 17.8 Å². The molecule has 2 fully saturated rings. The van der Waals surface area contributed by atoms with Crippen LogP contribution in [0.1, 0.15) is 36.8 Å². The lowest BCUT2D eigenvalue weighted by atomic mass is 9.98. The molecule has 2 aromatic heterocycles. The Morgan fingerprint density at radius 2 is 1.74 bits per heavy atom. The molecule has 1 aromatic carbocycles. The monoisotopic (exact) mass is 429 g/mol. The second kappa shape index (κ2) is 8.15. The predicted octanol–water partition coefficient (Wildman–Crippen LogP) is 4.62. The maximum absolute atomic E-state index is 12.9. The third-order valence-electron chi connectivity index (χ3n) is 6.34. The van der Waals surface area contributed by atoms with E-state index >= 15 is 0 Å². The molecule has 0 atom stereocenters. The molecule has 1 saturated carbocycles. The Bertz CT molecular complexity index is 1030. The number of anilines is 1. The lowest BCUT2D eigenvalue weighted by Gasteiger charge is -2.25. The molecular weight excluding hydrogens is 403 g/mol. The van der Waals surface area contributed by atoms with E-state index in [0.717, 1.165) is 67.0 Å². The van der Waals surface area contributed by atoms with Gasteiger partial charge in [-0.25, -0.2) is 9.97 Å². The van der Waals surface area contributed by atoms with Gasteiger partial charge in [-0.1, -0.05) is 12.1 Å². The van der Waals surface area contributed by atoms with Gasteiger partial charge in [0.2, 0.25) is 0 Å². The molecule has 31 heavy (non-hydrogen) atoms. The van der Waals surface area contributed by atoms with E-state index in [1.807, 2.05) is 0 Å². The lowest BCUT2D eigenvalue weighted by Crippen LogP contribution is -2.29. The van der Waals surface area contributed by atoms with Gasteiger partial charge in [-0.05, 0) is 68.5 Å². The summed E-state index contributed by atoms with van der Waals surface area (Å²) in [6.07, 6.45) is 3.86. The van der Waals surface area contributed by atoms with Crippen molar-refractivity contribution >= 4 is 16.9 Å². The second-order valence-electron chi connectivity index (χ2n) is 8.65. The number of aromatic nitrogens is 3.